The zero-order valence-corrected chi connectivity index (χ0v) is 15.6. The highest BCUT2D eigenvalue weighted by Crippen LogP contribution is 2.27. The highest BCUT2D eigenvalue weighted by Gasteiger charge is 2.17. The molecule has 1 aromatic heterocycles. The smallest absolute Gasteiger partial charge is 0.230 e. The van der Waals surface area contributed by atoms with Gasteiger partial charge in [0.2, 0.25) is 5.91 Å². The first-order valence-corrected chi connectivity index (χ1v) is 9.79. The fraction of sp³-hybridized carbons (Fsp3) is 0.450. The molecule has 1 fully saturated rings. The molecule has 1 aromatic carbocycles. The Morgan fingerprint density at radius 1 is 1.28 bits per heavy atom. The number of hydrogen-bond donors (Lipinski definition) is 1. The summed E-state index contributed by atoms with van der Waals surface area (Å²) in [5.41, 5.74) is 3.68. The van der Waals surface area contributed by atoms with Gasteiger partial charge in [-0.1, -0.05) is 37.1 Å². The number of carbonyl (C=O) groups excluding carboxylic acids is 1. The molecule has 1 heterocycles. The van der Waals surface area contributed by atoms with Gasteiger partial charge in [-0.2, -0.15) is 5.26 Å². The number of aromatic nitrogens is 1. The van der Waals surface area contributed by atoms with Crippen molar-refractivity contribution in [1.29, 1.82) is 5.26 Å². The molecule has 0 bridgehead atoms. The van der Waals surface area contributed by atoms with Gasteiger partial charge in [-0.05, 0) is 49.9 Å². The van der Waals surface area contributed by atoms with Crippen molar-refractivity contribution in [3.8, 4) is 6.07 Å². The number of pyridine rings is 1. The molecule has 0 aliphatic heterocycles. The molecular weight excluding hydrogens is 330 g/mol. The van der Waals surface area contributed by atoms with Crippen molar-refractivity contribution >= 4 is 28.6 Å². The number of nitrogens with one attached hydrogen (secondary N) is 1. The minimum Gasteiger partial charge on any atom is -0.353 e. The normalized spacial score (nSPS) is 15.1. The number of rotatable bonds is 4. The topological polar surface area (TPSA) is 65.8 Å². The van der Waals surface area contributed by atoms with Gasteiger partial charge in [0, 0.05) is 11.4 Å². The summed E-state index contributed by atoms with van der Waals surface area (Å²) in [7, 11) is 0. The standard InChI is InChI=1S/C20H23N3OS/c1-13-8-14(2)17-10-15(11-21)20(23-18(17)9-13)25-12-19(24)22-16-6-4-3-5-7-16/h8-10,16H,3-7,12H2,1-2H3,(H,22,24). The van der Waals surface area contributed by atoms with E-state index in [4.69, 9.17) is 0 Å². The quantitative estimate of drug-likeness (QED) is 0.834. The van der Waals surface area contributed by atoms with Crippen molar-refractivity contribution in [2.24, 2.45) is 0 Å². The lowest BCUT2D eigenvalue weighted by molar-refractivity contribution is -0.119. The Morgan fingerprint density at radius 3 is 2.76 bits per heavy atom. The second-order valence-corrected chi connectivity index (χ2v) is 7.76. The summed E-state index contributed by atoms with van der Waals surface area (Å²) in [6.07, 6.45) is 5.81. The van der Waals surface area contributed by atoms with Crippen molar-refractivity contribution in [3.05, 3.63) is 34.9 Å². The molecule has 0 unspecified atom stereocenters. The number of nitrogens with zero attached hydrogens (tertiary/aromatic N) is 2. The Labute approximate surface area is 153 Å². The Bertz CT molecular complexity index is 835. The second-order valence-electron chi connectivity index (χ2n) is 6.79. The predicted molar refractivity (Wildman–Crippen MR) is 102 cm³/mol. The molecule has 1 saturated carbocycles. The van der Waals surface area contributed by atoms with E-state index in [1.807, 2.05) is 26.0 Å². The van der Waals surface area contributed by atoms with Gasteiger partial charge in [0.05, 0.1) is 16.8 Å². The monoisotopic (exact) mass is 353 g/mol. The van der Waals surface area contributed by atoms with E-state index >= 15 is 0 Å². The summed E-state index contributed by atoms with van der Waals surface area (Å²) in [6, 6.07) is 8.54. The molecule has 1 aliphatic rings. The van der Waals surface area contributed by atoms with Crippen molar-refractivity contribution in [2.45, 2.75) is 57.0 Å². The lowest BCUT2D eigenvalue weighted by Gasteiger charge is -2.22. The first kappa shape index (κ1) is 17.8. The van der Waals surface area contributed by atoms with Gasteiger partial charge in [-0.15, -0.1) is 0 Å². The van der Waals surface area contributed by atoms with Gasteiger partial charge in [0.15, 0.2) is 0 Å². The molecule has 5 heteroatoms. The summed E-state index contributed by atoms with van der Waals surface area (Å²) in [4.78, 5) is 16.9. The maximum absolute atomic E-state index is 12.2. The third-order valence-corrected chi connectivity index (χ3v) is 5.67. The SMILES string of the molecule is Cc1cc(C)c2cc(C#N)c(SCC(=O)NC3CCCCC3)nc2c1. The highest BCUT2D eigenvalue weighted by molar-refractivity contribution is 8.00. The number of amides is 1. The van der Waals surface area contributed by atoms with Crippen molar-refractivity contribution < 1.29 is 4.79 Å². The van der Waals surface area contributed by atoms with Gasteiger partial charge in [-0.3, -0.25) is 4.79 Å². The van der Waals surface area contributed by atoms with Crippen LogP contribution in [0.25, 0.3) is 10.9 Å². The number of carbonyl (C=O) groups is 1. The summed E-state index contributed by atoms with van der Waals surface area (Å²) in [5.74, 6) is 0.331. The Hall–Kier alpha value is -2.06. The Kier molecular flexibility index (Phi) is 5.60. The van der Waals surface area contributed by atoms with E-state index in [0.717, 1.165) is 34.9 Å². The van der Waals surface area contributed by atoms with Crippen LogP contribution in [0.2, 0.25) is 0 Å². The van der Waals surface area contributed by atoms with Crippen LogP contribution in [0.3, 0.4) is 0 Å². The van der Waals surface area contributed by atoms with E-state index in [1.54, 1.807) is 0 Å². The minimum atomic E-state index is 0.0307. The van der Waals surface area contributed by atoms with Crippen LogP contribution in [0.1, 0.15) is 48.8 Å². The fourth-order valence-corrected chi connectivity index (χ4v) is 4.23. The zero-order chi connectivity index (χ0) is 17.8. The maximum Gasteiger partial charge on any atom is 0.230 e. The number of aryl methyl sites for hydroxylation is 2. The molecule has 3 rings (SSSR count). The highest BCUT2D eigenvalue weighted by atomic mass is 32.2. The molecule has 25 heavy (non-hydrogen) atoms. The summed E-state index contributed by atoms with van der Waals surface area (Å²) in [6.45, 7) is 4.07. The molecule has 1 aliphatic carbocycles. The van der Waals surface area contributed by atoms with Gasteiger partial charge in [0.1, 0.15) is 11.1 Å². The number of thioether (sulfide) groups is 1. The van der Waals surface area contributed by atoms with Crippen LogP contribution in [-0.4, -0.2) is 22.7 Å². The molecule has 1 N–H and O–H groups in total. The number of benzene rings is 1. The molecule has 4 nitrogen and oxygen atoms in total. The summed E-state index contributed by atoms with van der Waals surface area (Å²) in [5, 5.41) is 14.2. The number of hydrogen-bond acceptors (Lipinski definition) is 4. The lowest BCUT2D eigenvalue weighted by Crippen LogP contribution is -2.37. The number of nitriles is 1. The first-order chi connectivity index (χ1) is 12.1. The van der Waals surface area contributed by atoms with Crippen molar-refractivity contribution in [1.82, 2.24) is 10.3 Å². The van der Waals surface area contributed by atoms with Crippen LogP contribution >= 0.6 is 11.8 Å². The third kappa shape index (κ3) is 4.32. The molecule has 130 valence electrons. The van der Waals surface area contributed by atoms with Crippen molar-refractivity contribution in [2.75, 3.05) is 5.75 Å². The van der Waals surface area contributed by atoms with Gasteiger partial charge in [-0.25, -0.2) is 4.98 Å². The van der Waals surface area contributed by atoms with Gasteiger partial charge in [0.25, 0.3) is 0 Å². The van der Waals surface area contributed by atoms with E-state index in [9.17, 15) is 10.1 Å². The van der Waals surface area contributed by atoms with Crippen LogP contribution in [0, 0.1) is 25.2 Å². The average Bonchev–Trinajstić information content (AvgIpc) is 2.60. The molecule has 2 aromatic rings. The van der Waals surface area contributed by atoms with Crippen LogP contribution in [-0.2, 0) is 4.79 Å². The molecule has 0 saturated heterocycles. The summed E-state index contributed by atoms with van der Waals surface area (Å²) >= 11 is 1.35. The fourth-order valence-electron chi connectivity index (χ4n) is 3.45. The van der Waals surface area contributed by atoms with Gasteiger partial charge >= 0.3 is 0 Å². The number of fused-ring (bicyclic) bond motifs is 1. The lowest BCUT2D eigenvalue weighted by atomic mass is 9.95. The van der Waals surface area contributed by atoms with Gasteiger partial charge < -0.3 is 5.32 Å². The van der Waals surface area contributed by atoms with Crippen LogP contribution in [0.5, 0.6) is 0 Å². The minimum absolute atomic E-state index is 0.0307. The molecule has 0 radical (unpaired) electrons. The largest absolute Gasteiger partial charge is 0.353 e. The van der Waals surface area contributed by atoms with E-state index in [-0.39, 0.29) is 5.91 Å². The first-order valence-electron chi connectivity index (χ1n) is 8.81. The van der Waals surface area contributed by atoms with E-state index in [0.29, 0.717) is 22.4 Å². The Morgan fingerprint density at radius 2 is 2.04 bits per heavy atom. The molecule has 1 amide bonds. The molecule has 0 spiro atoms. The Balaban J connectivity index is 1.74. The maximum atomic E-state index is 12.2. The van der Waals surface area contributed by atoms with Crippen molar-refractivity contribution in [3.63, 3.8) is 0 Å². The molecule has 0 atom stereocenters. The van der Waals surface area contributed by atoms with Crippen LogP contribution in [0.15, 0.2) is 23.2 Å². The van der Waals surface area contributed by atoms with E-state index < -0.39 is 0 Å². The molecular formula is C20H23N3OS. The third-order valence-electron chi connectivity index (χ3n) is 4.68. The van der Waals surface area contributed by atoms with E-state index in [1.165, 1.54) is 31.0 Å². The second kappa shape index (κ2) is 7.88. The van der Waals surface area contributed by atoms with Crippen LogP contribution < -0.4 is 5.32 Å². The summed E-state index contributed by atoms with van der Waals surface area (Å²) < 4.78 is 0. The van der Waals surface area contributed by atoms with E-state index in [2.05, 4.69) is 22.4 Å². The average molecular weight is 353 g/mol. The van der Waals surface area contributed by atoms with Crippen LogP contribution in [0.4, 0.5) is 0 Å². The zero-order valence-electron chi connectivity index (χ0n) is 14.8. The predicted octanol–water partition coefficient (Wildman–Crippen LogP) is 4.26.